The maximum atomic E-state index is 12.4. The molecule has 0 unspecified atom stereocenters. The molecule has 132 valence electrons. The highest BCUT2D eigenvalue weighted by Crippen LogP contribution is 2.25. The Morgan fingerprint density at radius 3 is 2.36 bits per heavy atom. The molecule has 2 aromatic carbocycles. The zero-order valence-corrected chi connectivity index (χ0v) is 14.0. The maximum absolute atomic E-state index is 12.4. The van der Waals surface area contributed by atoms with E-state index < -0.39 is 12.0 Å². The molecule has 1 atom stereocenters. The van der Waals surface area contributed by atoms with Gasteiger partial charge >= 0.3 is 5.97 Å². The third kappa shape index (κ3) is 4.71. The standard InChI is InChI=1S/C18H20N2O5/c1-24-13-7-8-14(16(10-13)25-2)17(21)20-12-5-3-11(4-6-12)9-15(19)18(22)23/h3-8,10,15H,9,19H2,1-2H3,(H,20,21)(H,22,23)/t15-/m0/s1. The summed E-state index contributed by atoms with van der Waals surface area (Å²) in [6.07, 6.45) is 0.218. The van der Waals surface area contributed by atoms with Gasteiger partial charge in [-0.1, -0.05) is 12.1 Å². The lowest BCUT2D eigenvalue weighted by Gasteiger charge is -2.11. The monoisotopic (exact) mass is 344 g/mol. The molecule has 7 heteroatoms. The minimum Gasteiger partial charge on any atom is -0.497 e. The predicted molar refractivity (Wildman–Crippen MR) is 93.3 cm³/mol. The summed E-state index contributed by atoms with van der Waals surface area (Å²) in [7, 11) is 3.01. The lowest BCUT2D eigenvalue weighted by molar-refractivity contribution is -0.138. The average molecular weight is 344 g/mol. The number of nitrogens with two attached hydrogens (primary N) is 1. The van der Waals surface area contributed by atoms with Crippen LogP contribution in [-0.2, 0) is 11.2 Å². The van der Waals surface area contributed by atoms with Crippen LogP contribution in [0.25, 0.3) is 0 Å². The Kier molecular flexibility index (Phi) is 5.97. The van der Waals surface area contributed by atoms with Gasteiger partial charge in [0.25, 0.3) is 5.91 Å². The number of hydrogen-bond acceptors (Lipinski definition) is 5. The quantitative estimate of drug-likeness (QED) is 0.707. The van der Waals surface area contributed by atoms with E-state index in [-0.39, 0.29) is 12.3 Å². The van der Waals surface area contributed by atoms with Crippen molar-refractivity contribution in [3.05, 3.63) is 53.6 Å². The van der Waals surface area contributed by atoms with E-state index >= 15 is 0 Å². The number of carbonyl (C=O) groups is 2. The number of rotatable bonds is 7. The fraction of sp³-hybridized carbons (Fsp3) is 0.222. The smallest absolute Gasteiger partial charge is 0.320 e. The summed E-state index contributed by atoms with van der Waals surface area (Å²) in [5, 5.41) is 11.6. The van der Waals surface area contributed by atoms with Crippen LogP contribution in [0.5, 0.6) is 11.5 Å². The largest absolute Gasteiger partial charge is 0.497 e. The van der Waals surface area contributed by atoms with E-state index in [4.69, 9.17) is 20.3 Å². The van der Waals surface area contributed by atoms with E-state index in [9.17, 15) is 9.59 Å². The summed E-state index contributed by atoms with van der Waals surface area (Å²) in [6, 6.07) is 10.8. The molecule has 0 radical (unpaired) electrons. The molecule has 0 aromatic heterocycles. The average Bonchev–Trinajstić information content (AvgIpc) is 2.62. The van der Waals surface area contributed by atoms with Gasteiger partial charge in [0.1, 0.15) is 17.5 Å². The number of aliphatic carboxylic acids is 1. The zero-order chi connectivity index (χ0) is 18.4. The highest BCUT2D eigenvalue weighted by atomic mass is 16.5. The van der Waals surface area contributed by atoms with Gasteiger partial charge < -0.3 is 25.6 Å². The SMILES string of the molecule is COc1ccc(C(=O)Nc2ccc(C[C@H](N)C(=O)O)cc2)c(OC)c1. The number of ether oxygens (including phenoxy) is 2. The number of carbonyl (C=O) groups excluding carboxylic acids is 1. The summed E-state index contributed by atoms with van der Waals surface area (Å²) < 4.78 is 10.3. The Balaban J connectivity index is 2.09. The third-order valence-electron chi connectivity index (χ3n) is 3.64. The third-order valence-corrected chi connectivity index (χ3v) is 3.64. The lowest BCUT2D eigenvalue weighted by Crippen LogP contribution is -2.32. The van der Waals surface area contributed by atoms with Crippen molar-refractivity contribution in [2.24, 2.45) is 5.73 Å². The van der Waals surface area contributed by atoms with Gasteiger partial charge in [-0.05, 0) is 36.2 Å². The minimum absolute atomic E-state index is 0.218. The fourth-order valence-electron chi connectivity index (χ4n) is 2.25. The number of methoxy groups -OCH3 is 2. The molecule has 25 heavy (non-hydrogen) atoms. The predicted octanol–water partition coefficient (Wildman–Crippen LogP) is 1.91. The van der Waals surface area contributed by atoms with Gasteiger partial charge in [0.2, 0.25) is 0 Å². The van der Waals surface area contributed by atoms with Crippen molar-refractivity contribution in [1.29, 1.82) is 0 Å². The molecule has 0 bridgehead atoms. The van der Waals surface area contributed by atoms with Gasteiger partial charge in [-0.2, -0.15) is 0 Å². The molecule has 0 spiro atoms. The van der Waals surface area contributed by atoms with Crippen LogP contribution in [0.4, 0.5) is 5.69 Å². The second kappa shape index (κ2) is 8.16. The van der Waals surface area contributed by atoms with Crippen LogP contribution in [0, 0.1) is 0 Å². The molecule has 0 heterocycles. The Morgan fingerprint density at radius 2 is 1.80 bits per heavy atom. The molecule has 4 N–H and O–H groups in total. The lowest BCUT2D eigenvalue weighted by atomic mass is 10.1. The second-order valence-corrected chi connectivity index (χ2v) is 5.37. The molecule has 1 amide bonds. The van der Waals surface area contributed by atoms with Crippen molar-refractivity contribution in [1.82, 2.24) is 0 Å². The van der Waals surface area contributed by atoms with Crippen molar-refractivity contribution in [3.8, 4) is 11.5 Å². The molecule has 0 aliphatic rings. The van der Waals surface area contributed by atoms with E-state index in [1.54, 1.807) is 42.5 Å². The Hall–Kier alpha value is -3.06. The molecule has 0 aliphatic carbocycles. The highest BCUT2D eigenvalue weighted by Gasteiger charge is 2.14. The number of nitrogens with one attached hydrogen (secondary N) is 1. The molecule has 0 saturated carbocycles. The Morgan fingerprint density at radius 1 is 1.12 bits per heavy atom. The first-order valence-corrected chi connectivity index (χ1v) is 7.55. The summed E-state index contributed by atoms with van der Waals surface area (Å²) in [4.78, 5) is 23.2. The maximum Gasteiger partial charge on any atom is 0.320 e. The topological polar surface area (TPSA) is 111 Å². The van der Waals surface area contributed by atoms with Crippen LogP contribution in [0.15, 0.2) is 42.5 Å². The van der Waals surface area contributed by atoms with Gasteiger partial charge in [0, 0.05) is 11.8 Å². The van der Waals surface area contributed by atoms with E-state index in [2.05, 4.69) is 5.32 Å². The number of anilines is 1. The van der Waals surface area contributed by atoms with Crippen LogP contribution in [0.1, 0.15) is 15.9 Å². The molecular weight excluding hydrogens is 324 g/mol. The first-order chi connectivity index (χ1) is 11.9. The molecule has 0 aliphatic heterocycles. The first kappa shape index (κ1) is 18.3. The molecule has 7 nitrogen and oxygen atoms in total. The molecule has 0 saturated heterocycles. The van der Waals surface area contributed by atoms with Crippen LogP contribution in [0.3, 0.4) is 0 Å². The number of benzene rings is 2. The fourth-order valence-corrected chi connectivity index (χ4v) is 2.25. The van der Waals surface area contributed by atoms with E-state index in [0.717, 1.165) is 5.56 Å². The van der Waals surface area contributed by atoms with Crippen LogP contribution in [0.2, 0.25) is 0 Å². The highest BCUT2D eigenvalue weighted by molar-refractivity contribution is 6.06. The summed E-state index contributed by atoms with van der Waals surface area (Å²) in [5.74, 6) is -0.383. The Labute approximate surface area is 145 Å². The normalized spacial score (nSPS) is 11.5. The summed E-state index contributed by atoms with van der Waals surface area (Å²) >= 11 is 0. The van der Waals surface area contributed by atoms with Crippen molar-refractivity contribution in [2.45, 2.75) is 12.5 Å². The first-order valence-electron chi connectivity index (χ1n) is 7.55. The van der Waals surface area contributed by atoms with Crippen LogP contribution >= 0.6 is 0 Å². The van der Waals surface area contributed by atoms with Crippen molar-refractivity contribution in [3.63, 3.8) is 0 Å². The van der Waals surface area contributed by atoms with Gasteiger partial charge in [-0.3, -0.25) is 9.59 Å². The van der Waals surface area contributed by atoms with E-state index in [1.807, 2.05) is 0 Å². The minimum atomic E-state index is -1.05. The van der Waals surface area contributed by atoms with E-state index in [0.29, 0.717) is 22.7 Å². The number of carboxylic acid groups (broad SMARTS) is 1. The van der Waals surface area contributed by atoms with Crippen molar-refractivity contribution < 1.29 is 24.2 Å². The molecule has 2 aromatic rings. The van der Waals surface area contributed by atoms with Crippen molar-refractivity contribution >= 4 is 17.6 Å². The van der Waals surface area contributed by atoms with Gasteiger partial charge in [0.05, 0.1) is 19.8 Å². The zero-order valence-electron chi connectivity index (χ0n) is 14.0. The Bertz CT molecular complexity index is 759. The van der Waals surface area contributed by atoms with Crippen molar-refractivity contribution in [2.75, 3.05) is 19.5 Å². The van der Waals surface area contributed by atoms with Crippen LogP contribution in [-0.4, -0.2) is 37.2 Å². The molecule has 2 rings (SSSR count). The number of hydrogen-bond donors (Lipinski definition) is 3. The van der Waals surface area contributed by atoms with E-state index in [1.165, 1.54) is 14.2 Å². The van der Waals surface area contributed by atoms with Gasteiger partial charge in [-0.15, -0.1) is 0 Å². The molecule has 0 fully saturated rings. The summed E-state index contributed by atoms with van der Waals surface area (Å²) in [5.41, 5.74) is 7.23. The summed E-state index contributed by atoms with van der Waals surface area (Å²) in [6.45, 7) is 0. The molecular formula is C18H20N2O5. The van der Waals surface area contributed by atoms with Gasteiger partial charge in [-0.25, -0.2) is 0 Å². The number of amides is 1. The second-order valence-electron chi connectivity index (χ2n) is 5.37. The van der Waals surface area contributed by atoms with Gasteiger partial charge in [0.15, 0.2) is 0 Å². The number of carboxylic acids is 1. The van der Waals surface area contributed by atoms with Crippen LogP contribution < -0.4 is 20.5 Å².